The van der Waals surface area contributed by atoms with Crippen molar-refractivity contribution in [1.29, 1.82) is 0 Å². The van der Waals surface area contributed by atoms with Gasteiger partial charge in [0.05, 0.1) is 13.2 Å². The second kappa shape index (κ2) is 5.80. The highest BCUT2D eigenvalue weighted by molar-refractivity contribution is 5.44. The minimum absolute atomic E-state index is 0.222. The SMILES string of the molecule is NNC(c1ccc2c(c1)OCCCO2)C1CCCC1. The number of ether oxygens (including phenoxy) is 2. The van der Waals surface area contributed by atoms with Crippen LogP contribution in [0.1, 0.15) is 43.7 Å². The highest BCUT2D eigenvalue weighted by atomic mass is 16.5. The van der Waals surface area contributed by atoms with Crippen LogP contribution in [0.25, 0.3) is 0 Å². The molecule has 0 bridgehead atoms. The molecule has 1 aliphatic carbocycles. The Morgan fingerprint density at radius 2 is 1.79 bits per heavy atom. The van der Waals surface area contributed by atoms with Crippen molar-refractivity contribution in [1.82, 2.24) is 5.43 Å². The minimum Gasteiger partial charge on any atom is -0.490 e. The van der Waals surface area contributed by atoms with Crippen LogP contribution in [0.3, 0.4) is 0 Å². The van der Waals surface area contributed by atoms with Crippen molar-refractivity contribution >= 4 is 0 Å². The third-order valence-corrected chi connectivity index (χ3v) is 4.18. The molecule has 4 nitrogen and oxygen atoms in total. The molecular weight excluding hydrogens is 240 g/mol. The molecule has 4 heteroatoms. The molecule has 3 rings (SSSR count). The number of benzene rings is 1. The standard InChI is InChI=1S/C15H22N2O2/c16-17-15(11-4-1-2-5-11)12-6-7-13-14(10-12)19-9-3-8-18-13/h6-7,10-11,15,17H,1-5,8-9,16H2. The molecule has 0 amide bonds. The smallest absolute Gasteiger partial charge is 0.161 e. The van der Waals surface area contributed by atoms with Gasteiger partial charge in [-0.3, -0.25) is 11.3 Å². The highest BCUT2D eigenvalue weighted by Gasteiger charge is 2.26. The zero-order valence-electron chi connectivity index (χ0n) is 11.2. The summed E-state index contributed by atoms with van der Waals surface area (Å²) in [4.78, 5) is 0. The van der Waals surface area contributed by atoms with E-state index >= 15 is 0 Å². The van der Waals surface area contributed by atoms with Gasteiger partial charge < -0.3 is 9.47 Å². The maximum atomic E-state index is 5.77. The minimum atomic E-state index is 0.222. The first-order valence-electron chi connectivity index (χ1n) is 7.24. The summed E-state index contributed by atoms with van der Waals surface area (Å²) >= 11 is 0. The molecule has 2 aliphatic rings. The van der Waals surface area contributed by atoms with Gasteiger partial charge in [-0.25, -0.2) is 0 Å². The van der Waals surface area contributed by atoms with Crippen LogP contribution in [0, 0.1) is 5.92 Å². The van der Waals surface area contributed by atoms with Gasteiger partial charge in [0.2, 0.25) is 0 Å². The molecule has 0 radical (unpaired) electrons. The van der Waals surface area contributed by atoms with E-state index in [-0.39, 0.29) is 6.04 Å². The number of hydrogen-bond acceptors (Lipinski definition) is 4. The summed E-state index contributed by atoms with van der Waals surface area (Å²) in [6.07, 6.45) is 6.07. The van der Waals surface area contributed by atoms with Crippen molar-refractivity contribution in [2.75, 3.05) is 13.2 Å². The molecule has 1 fully saturated rings. The van der Waals surface area contributed by atoms with E-state index in [1.807, 2.05) is 6.07 Å². The van der Waals surface area contributed by atoms with Crippen molar-refractivity contribution < 1.29 is 9.47 Å². The lowest BCUT2D eigenvalue weighted by Gasteiger charge is -2.23. The summed E-state index contributed by atoms with van der Waals surface area (Å²) in [5.74, 6) is 8.11. The van der Waals surface area contributed by atoms with Crippen LogP contribution >= 0.6 is 0 Å². The molecule has 1 saturated carbocycles. The summed E-state index contributed by atoms with van der Waals surface area (Å²) in [7, 11) is 0. The van der Waals surface area contributed by atoms with Gasteiger partial charge in [0, 0.05) is 12.5 Å². The van der Waals surface area contributed by atoms with Gasteiger partial charge in [-0.15, -0.1) is 0 Å². The van der Waals surface area contributed by atoms with Gasteiger partial charge in [0.25, 0.3) is 0 Å². The second-order valence-corrected chi connectivity index (χ2v) is 5.45. The lowest BCUT2D eigenvalue weighted by atomic mass is 9.92. The average molecular weight is 262 g/mol. The lowest BCUT2D eigenvalue weighted by molar-refractivity contribution is 0.296. The molecule has 19 heavy (non-hydrogen) atoms. The Bertz CT molecular complexity index is 430. The van der Waals surface area contributed by atoms with E-state index in [4.69, 9.17) is 15.3 Å². The average Bonchev–Trinajstić information content (AvgIpc) is 2.85. The van der Waals surface area contributed by atoms with Crippen molar-refractivity contribution in [2.24, 2.45) is 11.8 Å². The highest BCUT2D eigenvalue weighted by Crippen LogP contribution is 2.38. The fourth-order valence-corrected chi connectivity index (χ4v) is 3.17. The summed E-state index contributed by atoms with van der Waals surface area (Å²) < 4.78 is 11.4. The van der Waals surface area contributed by atoms with E-state index in [0.29, 0.717) is 5.92 Å². The van der Waals surface area contributed by atoms with E-state index in [0.717, 1.165) is 31.1 Å². The van der Waals surface area contributed by atoms with Gasteiger partial charge in [0.1, 0.15) is 0 Å². The van der Waals surface area contributed by atoms with E-state index in [2.05, 4.69) is 17.6 Å². The Labute approximate surface area is 114 Å². The van der Waals surface area contributed by atoms with E-state index < -0.39 is 0 Å². The fourth-order valence-electron chi connectivity index (χ4n) is 3.17. The van der Waals surface area contributed by atoms with Crippen molar-refractivity contribution in [3.63, 3.8) is 0 Å². The maximum Gasteiger partial charge on any atom is 0.161 e. The lowest BCUT2D eigenvalue weighted by Crippen LogP contribution is -2.32. The van der Waals surface area contributed by atoms with Gasteiger partial charge in [-0.2, -0.15) is 0 Å². The normalized spacial score (nSPS) is 21.1. The van der Waals surface area contributed by atoms with Crippen LogP contribution in [0.5, 0.6) is 11.5 Å². The molecule has 0 spiro atoms. The number of nitrogens with two attached hydrogens (primary N) is 1. The topological polar surface area (TPSA) is 56.5 Å². The Morgan fingerprint density at radius 1 is 1.05 bits per heavy atom. The van der Waals surface area contributed by atoms with Crippen LogP contribution in [0.15, 0.2) is 18.2 Å². The molecule has 1 aromatic carbocycles. The van der Waals surface area contributed by atoms with Crippen LogP contribution in [-0.2, 0) is 0 Å². The van der Waals surface area contributed by atoms with Gasteiger partial charge >= 0.3 is 0 Å². The molecule has 1 atom stereocenters. The summed E-state index contributed by atoms with van der Waals surface area (Å²) in [6.45, 7) is 1.45. The van der Waals surface area contributed by atoms with E-state index in [1.165, 1.54) is 31.2 Å². The number of rotatable bonds is 3. The first kappa shape index (κ1) is 12.8. The molecule has 1 unspecified atom stereocenters. The summed E-state index contributed by atoms with van der Waals surface area (Å²) in [6, 6.07) is 6.43. The van der Waals surface area contributed by atoms with Crippen molar-refractivity contribution in [2.45, 2.75) is 38.1 Å². The first-order chi connectivity index (χ1) is 9.38. The predicted octanol–water partition coefficient (Wildman–Crippen LogP) is 2.54. The maximum absolute atomic E-state index is 5.77. The van der Waals surface area contributed by atoms with Crippen LogP contribution < -0.4 is 20.7 Å². The van der Waals surface area contributed by atoms with Crippen molar-refractivity contribution in [3.8, 4) is 11.5 Å². The van der Waals surface area contributed by atoms with Gasteiger partial charge in [-0.05, 0) is 36.5 Å². The van der Waals surface area contributed by atoms with E-state index in [1.54, 1.807) is 0 Å². The Hall–Kier alpha value is -1.26. The van der Waals surface area contributed by atoms with Gasteiger partial charge in [0.15, 0.2) is 11.5 Å². The zero-order valence-corrected chi connectivity index (χ0v) is 11.2. The fraction of sp³-hybridized carbons (Fsp3) is 0.600. The first-order valence-corrected chi connectivity index (χ1v) is 7.24. The molecule has 0 saturated heterocycles. The number of hydrogen-bond donors (Lipinski definition) is 2. The Balaban J connectivity index is 1.85. The predicted molar refractivity (Wildman–Crippen MR) is 74.1 cm³/mol. The number of nitrogens with one attached hydrogen (secondary N) is 1. The monoisotopic (exact) mass is 262 g/mol. The Kier molecular flexibility index (Phi) is 3.89. The molecular formula is C15H22N2O2. The largest absolute Gasteiger partial charge is 0.490 e. The van der Waals surface area contributed by atoms with Crippen LogP contribution in [-0.4, -0.2) is 13.2 Å². The number of hydrazine groups is 1. The molecule has 1 heterocycles. The summed E-state index contributed by atoms with van der Waals surface area (Å²) in [5, 5.41) is 0. The second-order valence-electron chi connectivity index (χ2n) is 5.45. The Morgan fingerprint density at radius 3 is 2.53 bits per heavy atom. The van der Waals surface area contributed by atoms with Crippen LogP contribution in [0.4, 0.5) is 0 Å². The molecule has 1 aromatic rings. The van der Waals surface area contributed by atoms with Crippen LogP contribution in [0.2, 0.25) is 0 Å². The molecule has 1 aliphatic heterocycles. The third kappa shape index (κ3) is 2.69. The number of fused-ring (bicyclic) bond motifs is 1. The quantitative estimate of drug-likeness (QED) is 0.649. The molecule has 0 aromatic heterocycles. The third-order valence-electron chi connectivity index (χ3n) is 4.18. The van der Waals surface area contributed by atoms with Gasteiger partial charge in [-0.1, -0.05) is 18.9 Å². The van der Waals surface area contributed by atoms with E-state index in [9.17, 15) is 0 Å². The molecule has 3 N–H and O–H groups in total. The summed E-state index contributed by atoms with van der Waals surface area (Å²) in [5.41, 5.74) is 4.19. The zero-order chi connectivity index (χ0) is 13.1. The van der Waals surface area contributed by atoms with Crippen molar-refractivity contribution in [3.05, 3.63) is 23.8 Å². The molecule has 104 valence electrons.